The Morgan fingerprint density at radius 1 is 1.45 bits per heavy atom. The summed E-state index contributed by atoms with van der Waals surface area (Å²) in [6.07, 6.45) is 0.916. The van der Waals surface area contributed by atoms with Crippen molar-refractivity contribution in [2.75, 3.05) is 6.54 Å². The number of hydrogen-bond acceptors (Lipinski definition) is 7. The molecule has 152 valence electrons. The van der Waals surface area contributed by atoms with Crippen LogP contribution in [0.2, 0.25) is 0 Å². The molecular formula is C20H21N3O5S. The third-order valence-corrected chi connectivity index (χ3v) is 6.31. The number of carbonyl (C=O) groups is 2. The predicted octanol–water partition coefficient (Wildman–Crippen LogP) is 2.85. The highest BCUT2D eigenvalue weighted by Gasteiger charge is 2.36. The van der Waals surface area contributed by atoms with Crippen molar-refractivity contribution in [1.82, 2.24) is 14.9 Å². The van der Waals surface area contributed by atoms with Crippen LogP contribution in [-0.2, 0) is 20.9 Å². The zero-order chi connectivity index (χ0) is 20.7. The Morgan fingerprint density at radius 3 is 2.97 bits per heavy atom. The molecule has 1 N–H and O–H groups in total. The molecule has 0 spiro atoms. The number of esters is 1. The normalized spacial score (nSPS) is 17.8. The molecule has 29 heavy (non-hydrogen) atoms. The highest BCUT2D eigenvalue weighted by atomic mass is 32.1. The summed E-state index contributed by atoms with van der Waals surface area (Å²) in [6, 6.07) is 3.54. The number of rotatable bonds is 5. The average Bonchev–Trinajstić information content (AvgIpc) is 3.37. The van der Waals surface area contributed by atoms with Gasteiger partial charge in [-0.3, -0.25) is 14.4 Å². The lowest BCUT2D eigenvalue weighted by Crippen LogP contribution is -2.27. The van der Waals surface area contributed by atoms with Gasteiger partial charge in [-0.05, 0) is 38.5 Å². The minimum absolute atomic E-state index is 0.0958. The van der Waals surface area contributed by atoms with E-state index < -0.39 is 18.0 Å². The number of ether oxygens (including phenoxy) is 1. The Morgan fingerprint density at radius 2 is 2.24 bits per heavy atom. The van der Waals surface area contributed by atoms with Crippen LogP contribution in [0.5, 0.6) is 0 Å². The fraction of sp³-hybridized carbons (Fsp3) is 0.400. The number of aryl methyl sites for hydroxylation is 2. The van der Waals surface area contributed by atoms with Gasteiger partial charge in [-0.2, -0.15) is 0 Å². The van der Waals surface area contributed by atoms with Crippen molar-refractivity contribution < 1.29 is 18.7 Å². The van der Waals surface area contributed by atoms with Crippen LogP contribution in [0.15, 0.2) is 27.6 Å². The van der Waals surface area contributed by atoms with E-state index in [0.29, 0.717) is 28.3 Å². The summed E-state index contributed by atoms with van der Waals surface area (Å²) in [7, 11) is 0. The maximum absolute atomic E-state index is 12.6. The van der Waals surface area contributed by atoms with E-state index in [4.69, 9.17) is 9.15 Å². The molecule has 1 fully saturated rings. The number of aromatic nitrogens is 2. The maximum Gasteiger partial charge on any atom is 0.311 e. The quantitative estimate of drug-likeness (QED) is 0.643. The molecule has 0 radical (unpaired) electrons. The molecule has 1 aliphatic heterocycles. The molecule has 8 nitrogen and oxygen atoms in total. The summed E-state index contributed by atoms with van der Waals surface area (Å²) in [5.41, 5.74) is 0.673. The lowest BCUT2D eigenvalue weighted by molar-refractivity contribution is -0.153. The number of hydrogen-bond donors (Lipinski definition) is 1. The molecular weight excluding hydrogens is 394 g/mol. The second-order valence-electron chi connectivity index (χ2n) is 7.25. The molecule has 1 aliphatic rings. The highest BCUT2D eigenvalue weighted by molar-refractivity contribution is 7.18. The van der Waals surface area contributed by atoms with Crippen LogP contribution in [0.3, 0.4) is 0 Å². The Hall–Kier alpha value is -2.94. The van der Waals surface area contributed by atoms with Crippen molar-refractivity contribution in [2.45, 2.75) is 39.8 Å². The molecule has 0 unspecified atom stereocenters. The van der Waals surface area contributed by atoms with Gasteiger partial charge in [0.2, 0.25) is 5.91 Å². The molecule has 1 saturated heterocycles. The molecule has 3 aromatic rings. The fourth-order valence-corrected chi connectivity index (χ4v) is 4.50. The first-order valence-electron chi connectivity index (χ1n) is 9.34. The Labute approximate surface area is 170 Å². The number of nitrogens with one attached hydrogen (secondary N) is 1. The standard InChI is InChI=1S/C20H21N3O5S/c1-10-12(3)29-19-16(10)18(25)21-17(22-19)11(2)28-20(26)13-7-15(24)23(8-13)9-14-5-4-6-27-14/h4-6,11,13H,7-9H2,1-3H3,(H,21,22,25)/t11-,13+/m0/s1. The van der Waals surface area contributed by atoms with E-state index in [1.807, 2.05) is 13.8 Å². The van der Waals surface area contributed by atoms with Crippen LogP contribution in [-0.4, -0.2) is 33.3 Å². The summed E-state index contributed by atoms with van der Waals surface area (Å²) in [5.74, 6) is -0.185. The number of amides is 1. The van der Waals surface area contributed by atoms with Gasteiger partial charge in [0.25, 0.3) is 5.56 Å². The molecule has 2 atom stereocenters. The third kappa shape index (κ3) is 3.69. The molecule has 0 bridgehead atoms. The van der Waals surface area contributed by atoms with Gasteiger partial charge in [0.05, 0.1) is 24.1 Å². The van der Waals surface area contributed by atoms with E-state index in [-0.39, 0.29) is 24.4 Å². The van der Waals surface area contributed by atoms with Crippen LogP contribution in [0, 0.1) is 19.8 Å². The zero-order valence-electron chi connectivity index (χ0n) is 16.4. The minimum Gasteiger partial charge on any atom is -0.467 e. The van der Waals surface area contributed by atoms with Crippen LogP contribution < -0.4 is 5.56 Å². The second kappa shape index (κ2) is 7.47. The third-order valence-electron chi connectivity index (χ3n) is 5.21. The van der Waals surface area contributed by atoms with Crippen LogP contribution in [0.1, 0.15) is 41.5 Å². The summed E-state index contributed by atoms with van der Waals surface area (Å²) >= 11 is 1.44. The minimum atomic E-state index is -0.725. The Kier molecular flexibility index (Phi) is 4.99. The molecule has 4 rings (SSSR count). The predicted molar refractivity (Wildman–Crippen MR) is 106 cm³/mol. The van der Waals surface area contributed by atoms with E-state index >= 15 is 0 Å². The van der Waals surface area contributed by atoms with Gasteiger partial charge >= 0.3 is 5.97 Å². The number of fused-ring (bicyclic) bond motifs is 1. The number of carbonyl (C=O) groups excluding carboxylic acids is 2. The van der Waals surface area contributed by atoms with Crippen molar-refractivity contribution in [1.29, 1.82) is 0 Å². The highest BCUT2D eigenvalue weighted by Crippen LogP contribution is 2.28. The van der Waals surface area contributed by atoms with E-state index in [0.717, 1.165) is 10.4 Å². The molecule has 0 saturated carbocycles. The maximum atomic E-state index is 12.6. The Balaban J connectivity index is 1.45. The van der Waals surface area contributed by atoms with Gasteiger partial charge < -0.3 is 19.0 Å². The SMILES string of the molecule is Cc1sc2nc([C@H](C)OC(=O)[C@@H]3CC(=O)N(Cc4ccco4)C3)[nH]c(=O)c2c1C. The fourth-order valence-electron chi connectivity index (χ4n) is 3.46. The van der Waals surface area contributed by atoms with Gasteiger partial charge in [0, 0.05) is 17.8 Å². The molecule has 1 amide bonds. The number of furan rings is 1. The topological polar surface area (TPSA) is 106 Å². The first kappa shape index (κ1) is 19.4. The van der Waals surface area contributed by atoms with Crippen LogP contribution in [0.4, 0.5) is 0 Å². The van der Waals surface area contributed by atoms with Crippen molar-refractivity contribution >= 4 is 33.4 Å². The van der Waals surface area contributed by atoms with Gasteiger partial charge in [-0.25, -0.2) is 4.98 Å². The van der Waals surface area contributed by atoms with E-state index in [9.17, 15) is 14.4 Å². The first-order valence-corrected chi connectivity index (χ1v) is 10.2. The van der Waals surface area contributed by atoms with Crippen molar-refractivity contribution in [2.24, 2.45) is 5.92 Å². The second-order valence-corrected chi connectivity index (χ2v) is 8.45. The molecule has 9 heteroatoms. The number of nitrogens with zero attached hydrogens (tertiary/aromatic N) is 2. The number of likely N-dealkylation sites (tertiary alicyclic amines) is 1. The zero-order valence-corrected chi connectivity index (χ0v) is 17.2. The van der Waals surface area contributed by atoms with Crippen LogP contribution in [0.25, 0.3) is 10.2 Å². The largest absolute Gasteiger partial charge is 0.467 e. The van der Waals surface area contributed by atoms with Gasteiger partial charge in [0.15, 0.2) is 11.9 Å². The molecule has 0 aliphatic carbocycles. The molecule has 0 aromatic carbocycles. The summed E-state index contributed by atoms with van der Waals surface area (Å²) in [5, 5.41) is 0.574. The lowest BCUT2D eigenvalue weighted by Gasteiger charge is -2.17. The average molecular weight is 415 g/mol. The van der Waals surface area contributed by atoms with Crippen molar-refractivity contribution in [3.8, 4) is 0 Å². The van der Waals surface area contributed by atoms with E-state index in [1.54, 1.807) is 30.2 Å². The number of H-pyrrole nitrogens is 1. The first-order chi connectivity index (χ1) is 13.8. The van der Waals surface area contributed by atoms with Gasteiger partial charge in [-0.1, -0.05) is 0 Å². The summed E-state index contributed by atoms with van der Waals surface area (Å²) in [4.78, 5) is 47.7. The van der Waals surface area contributed by atoms with E-state index in [2.05, 4.69) is 9.97 Å². The summed E-state index contributed by atoms with van der Waals surface area (Å²) < 4.78 is 10.8. The number of aromatic amines is 1. The Bertz CT molecular complexity index is 1130. The molecule has 4 heterocycles. The van der Waals surface area contributed by atoms with Gasteiger partial charge in [-0.15, -0.1) is 11.3 Å². The smallest absolute Gasteiger partial charge is 0.311 e. The van der Waals surface area contributed by atoms with Gasteiger partial charge in [0.1, 0.15) is 10.6 Å². The lowest BCUT2D eigenvalue weighted by atomic mass is 10.1. The van der Waals surface area contributed by atoms with Crippen LogP contribution >= 0.6 is 11.3 Å². The summed E-state index contributed by atoms with van der Waals surface area (Å²) in [6.45, 7) is 6.09. The van der Waals surface area contributed by atoms with Crippen molar-refractivity contribution in [3.05, 3.63) is 50.8 Å². The molecule has 3 aromatic heterocycles. The number of thiophene rings is 1. The van der Waals surface area contributed by atoms with E-state index in [1.165, 1.54) is 11.3 Å². The van der Waals surface area contributed by atoms with Crippen molar-refractivity contribution in [3.63, 3.8) is 0 Å². The monoisotopic (exact) mass is 415 g/mol.